The zero-order valence-corrected chi connectivity index (χ0v) is 12.7. The van der Waals surface area contributed by atoms with E-state index < -0.39 is 0 Å². The van der Waals surface area contributed by atoms with Gasteiger partial charge in [0.1, 0.15) is 0 Å². The largest absolute Gasteiger partial charge is 0.291 e. The van der Waals surface area contributed by atoms with Gasteiger partial charge < -0.3 is 0 Å². The van der Waals surface area contributed by atoms with E-state index in [-0.39, 0.29) is 0 Å². The Balaban J connectivity index is 4.02. The van der Waals surface area contributed by atoms with Crippen LogP contribution in [0.3, 0.4) is 0 Å². The van der Waals surface area contributed by atoms with Gasteiger partial charge in [-0.3, -0.25) is 9.80 Å². The van der Waals surface area contributed by atoms with Crippen LogP contribution in [0.4, 0.5) is 0 Å². The molecule has 17 heavy (non-hydrogen) atoms. The van der Waals surface area contributed by atoms with Gasteiger partial charge in [0, 0.05) is 0 Å². The van der Waals surface area contributed by atoms with Crippen molar-refractivity contribution in [3.8, 4) is 0 Å². The van der Waals surface area contributed by atoms with Crippen molar-refractivity contribution in [2.45, 2.75) is 66.2 Å². The number of hydrogen-bond acceptors (Lipinski definition) is 2. The average Bonchev–Trinajstić information content (AvgIpc) is 2.33. The zero-order valence-electron chi connectivity index (χ0n) is 12.7. The van der Waals surface area contributed by atoms with Crippen molar-refractivity contribution >= 4 is 0 Å². The first kappa shape index (κ1) is 16.9. The second-order valence-corrected chi connectivity index (χ2v) is 5.08. The van der Waals surface area contributed by atoms with Gasteiger partial charge in [0.25, 0.3) is 0 Å². The Hall–Kier alpha value is -0.0800. The van der Waals surface area contributed by atoms with Crippen LogP contribution in [0.2, 0.25) is 0 Å². The van der Waals surface area contributed by atoms with E-state index >= 15 is 0 Å². The molecule has 0 amide bonds. The summed E-state index contributed by atoms with van der Waals surface area (Å²) >= 11 is 0. The third kappa shape index (κ3) is 9.61. The van der Waals surface area contributed by atoms with Crippen LogP contribution in [0, 0.1) is 0 Å². The normalized spacial score (nSPS) is 11.6. The molecule has 0 saturated carbocycles. The smallest absolute Gasteiger partial charge is 0.0506 e. The second kappa shape index (κ2) is 12.4. The Kier molecular flexibility index (Phi) is 12.3. The highest BCUT2D eigenvalue weighted by molar-refractivity contribution is 4.61. The number of unbranched alkanes of at least 4 members (excludes halogenated alkanes) is 2. The van der Waals surface area contributed by atoms with Crippen LogP contribution >= 0.6 is 0 Å². The molecule has 104 valence electrons. The minimum atomic E-state index is 1.18. The molecule has 2 nitrogen and oxygen atoms in total. The molecule has 0 aromatic rings. The summed E-state index contributed by atoms with van der Waals surface area (Å²) in [4.78, 5) is 5.27. The molecular weight excluding hydrogens is 208 g/mol. The van der Waals surface area contributed by atoms with E-state index in [1.807, 2.05) is 0 Å². The van der Waals surface area contributed by atoms with E-state index in [1.165, 1.54) is 71.4 Å². The third-order valence-corrected chi connectivity index (χ3v) is 3.14. The Morgan fingerprint density at radius 1 is 0.529 bits per heavy atom. The summed E-state index contributed by atoms with van der Waals surface area (Å²) in [6.45, 7) is 15.4. The van der Waals surface area contributed by atoms with Crippen LogP contribution < -0.4 is 0 Å². The minimum Gasteiger partial charge on any atom is -0.291 e. The summed E-state index contributed by atoms with van der Waals surface area (Å²) in [5.41, 5.74) is 0. The Morgan fingerprint density at radius 3 is 1.24 bits per heavy atom. The fourth-order valence-corrected chi connectivity index (χ4v) is 2.19. The fraction of sp³-hybridized carbons (Fsp3) is 1.00. The van der Waals surface area contributed by atoms with Crippen LogP contribution in [0.15, 0.2) is 0 Å². The summed E-state index contributed by atoms with van der Waals surface area (Å²) in [5, 5.41) is 0. The molecule has 0 aliphatic rings. The van der Waals surface area contributed by atoms with Gasteiger partial charge in [-0.1, -0.05) is 40.5 Å². The lowest BCUT2D eigenvalue weighted by atomic mass is 10.3. The first-order chi connectivity index (χ1) is 8.28. The highest BCUT2D eigenvalue weighted by Gasteiger charge is 2.09. The molecule has 0 aliphatic carbocycles. The molecule has 0 aromatic carbocycles. The summed E-state index contributed by atoms with van der Waals surface area (Å²) in [5.74, 6) is 0. The van der Waals surface area contributed by atoms with Gasteiger partial charge in [-0.05, 0) is 51.9 Å². The van der Waals surface area contributed by atoms with Crippen molar-refractivity contribution in [3.63, 3.8) is 0 Å². The first-order valence-corrected chi connectivity index (χ1v) is 7.73. The molecule has 0 atom stereocenters. The molecule has 0 aromatic heterocycles. The van der Waals surface area contributed by atoms with E-state index in [0.717, 1.165) is 0 Å². The van der Waals surface area contributed by atoms with E-state index in [1.54, 1.807) is 0 Å². The van der Waals surface area contributed by atoms with Crippen molar-refractivity contribution in [1.82, 2.24) is 9.80 Å². The van der Waals surface area contributed by atoms with Crippen molar-refractivity contribution in [1.29, 1.82) is 0 Å². The molecule has 0 radical (unpaired) electrons. The van der Waals surface area contributed by atoms with Crippen molar-refractivity contribution in [2.75, 3.05) is 32.8 Å². The molecule has 0 rings (SSSR count). The van der Waals surface area contributed by atoms with E-state index in [2.05, 4.69) is 37.5 Å². The van der Waals surface area contributed by atoms with E-state index in [9.17, 15) is 0 Å². The van der Waals surface area contributed by atoms with Crippen molar-refractivity contribution in [2.24, 2.45) is 0 Å². The maximum Gasteiger partial charge on any atom is 0.0506 e. The standard InChI is InChI=1S/C15H34N2/c1-5-9-13-16(11-7-3)15-17(12-8-4)14-10-6-2/h5-15H2,1-4H3. The van der Waals surface area contributed by atoms with Gasteiger partial charge in [0.15, 0.2) is 0 Å². The summed E-state index contributed by atoms with van der Waals surface area (Å²) < 4.78 is 0. The van der Waals surface area contributed by atoms with Crippen LogP contribution in [-0.4, -0.2) is 42.6 Å². The van der Waals surface area contributed by atoms with Crippen LogP contribution in [0.1, 0.15) is 66.2 Å². The predicted molar refractivity (Wildman–Crippen MR) is 78.4 cm³/mol. The van der Waals surface area contributed by atoms with Gasteiger partial charge in [-0.2, -0.15) is 0 Å². The first-order valence-electron chi connectivity index (χ1n) is 7.73. The number of nitrogens with zero attached hydrogens (tertiary/aromatic N) is 2. The molecule has 0 N–H and O–H groups in total. The number of rotatable bonds is 12. The fourth-order valence-electron chi connectivity index (χ4n) is 2.19. The molecule has 0 heterocycles. The zero-order chi connectivity index (χ0) is 12.9. The van der Waals surface area contributed by atoms with E-state index in [0.29, 0.717) is 0 Å². The SMILES string of the molecule is CCCCN(CCC)CN(CCC)CCCC. The van der Waals surface area contributed by atoms with Gasteiger partial charge >= 0.3 is 0 Å². The summed E-state index contributed by atoms with van der Waals surface area (Å²) in [6, 6.07) is 0. The van der Waals surface area contributed by atoms with Crippen LogP contribution in [0.5, 0.6) is 0 Å². The maximum atomic E-state index is 2.63. The lowest BCUT2D eigenvalue weighted by Crippen LogP contribution is -2.39. The summed E-state index contributed by atoms with van der Waals surface area (Å²) in [6.07, 6.45) is 7.85. The summed E-state index contributed by atoms with van der Waals surface area (Å²) in [7, 11) is 0. The molecule has 0 saturated heterocycles. The van der Waals surface area contributed by atoms with Gasteiger partial charge in [-0.15, -0.1) is 0 Å². The molecule has 0 fully saturated rings. The molecule has 0 aliphatic heterocycles. The second-order valence-electron chi connectivity index (χ2n) is 5.08. The van der Waals surface area contributed by atoms with Gasteiger partial charge in [0.05, 0.1) is 6.67 Å². The lowest BCUT2D eigenvalue weighted by molar-refractivity contribution is 0.128. The molecule has 0 bridgehead atoms. The van der Waals surface area contributed by atoms with Crippen LogP contribution in [0.25, 0.3) is 0 Å². The lowest BCUT2D eigenvalue weighted by Gasteiger charge is -2.30. The number of hydrogen-bond donors (Lipinski definition) is 0. The minimum absolute atomic E-state index is 1.18. The Labute approximate surface area is 109 Å². The molecule has 0 spiro atoms. The monoisotopic (exact) mass is 242 g/mol. The van der Waals surface area contributed by atoms with Crippen molar-refractivity contribution in [3.05, 3.63) is 0 Å². The van der Waals surface area contributed by atoms with Crippen molar-refractivity contribution < 1.29 is 0 Å². The van der Waals surface area contributed by atoms with Crippen LogP contribution in [-0.2, 0) is 0 Å². The van der Waals surface area contributed by atoms with E-state index in [4.69, 9.17) is 0 Å². The van der Waals surface area contributed by atoms with Gasteiger partial charge in [-0.25, -0.2) is 0 Å². The average molecular weight is 242 g/mol. The Morgan fingerprint density at radius 2 is 0.941 bits per heavy atom. The molecule has 2 heteroatoms. The molecular formula is C15H34N2. The highest BCUT2D eigenvalue weighted by Crippen LogP contribution is 2.03. The molecule has 0 unspecified atom stereocenters. The van der Waals surface area contributed by atoms with Gasteiger partial charge in [0.2, 0.25) is 0 Å². The Bertz CT molecular complexity index is 132. The highest BCUT2D eigenvalue weighted by atomic mass is 15.3. The predicted octanol–water partition coefficient (Wildman–Crippen LogP) is 3.97. The topological polar surface area (TPSA) is 6.48 Å². The third-order valence-electron chi connectivity index (χ3n) is 3.14. The maximum absolute atomic E-state index is 2.63. The quantitative estimate of drug-likeness (QED) is 0.478.